The van der Waals surface area contributed by atoms with Crippen molar-refractivity contribution in [2.24, 2.45) is 7.05 Å². The second kappa shape index (κ2) is 5.49. The summed E-state index contributed by atoms with van der Waals surface area (Å²) in [5.74, 6) is 0.441. The van der Waals surface area contributed by atoms with Crippen LogP contribution in [0.2, 0.25) is 0 Å². The molecule has 1 fully saturated rings. The van der Waals surface area contributed by atoms with Gasteiger partial charge in [-0.25, -0.2) is 4.98 Å². The molecule has 1 saturated carbocycles. The maximum atomic E-state index is 12.9. The molecule has 0 radical (unpaired) electrons. The average Bonchev–Trinajstić information content (AvgIpc) is 3.28. The van der Waals surface area contributed by atoms with Crippen LogP contribution in [-0.4, -0.2) is 15.5 Å². The molecule has 118 valence electrons. The van der Waals surface area contributed by atoms with Crippen molar-refractivity contribution in [1.82, 2.24) is 9.55 Å². The highest BCUT2D eigenvalue weighted by Crippen LogP contribution is 2.44. The number of benzene rings is 1. The zero-order valence-corrected chi connectivity index (χ0v) is 13.8. The maximum Gasteiger partial charge on any atom is 0.322 e. The Morgan fingerprint density at radius 2 is 2.13 bits per heavy atom. The monoisotopic (exact) mass is 326 g/mol. The highest BCUT2D eigenvalue weighted by molar-refractivity contribution is 7.10. The largest absolute Gasteiger partial charge is 0.426 e. The summed E-state index contributed by atoms with van der Waals surface area (Å²) in [6.45, 7) is 0. The molecule has 1 aliphatic carbocycles. The highest BCUT2D eigenvalue weighted by Gasteiger charge is 2.45. The van der Waals surface area contributed by atoms with Gasteiger partial charge in [0.15, 0.2) is 0 Å². The van der Waals surface area contributed by atoms with Gasteiger partial charge in [-0.05, 0) is 36.4 Å². The second-order valence-corrected chi connectivity index (χ2v) is 7.11. The lowest BCUT2D eigenvalue weighted by atomic mass is 9.84. The molecule has 0 unspecified atom stereocenters. The first-order chi connectivity index (χ1) is 11.2. The zero-order chi connectivity index (χ0) is 15.9. The Bertz CT molecular complexity index is 845. The summed E-state index contributed by atoms with van der Waals surface area (Å²) in [6, 6.07) is 9.69. The number of esters is 1. The van der Waals surface area contributed by atoms with E-state index in [1.54, 1.807) is 17.7 Å². The van der Waals surface area contributed by atoms with E-state index >= 15 is 0 Å². The standard InChI is InChI=1S/C18H18N2O2S/c1-20-12-19-14-11-13(6-7-15(14)20)22-17(21)18(8-2-3-9-18)16-5-4-10-23-16/h4-7,10-12H,2-3,8-9H2,1H3. The van der Waals surface area contributed by atoms with Gasteiger partial charge in [0.25, 0.3) is 0 Å². The third kappa shape index (κ3) is 2.36. The SMILES string of the molecule is Cn1cnc2cc(OC(=O)C3(c4cccs4)CCCC3)ccc21. The van der Waals surface area contributed by atoms with Gasteiger partial charge in [0.1, 0.15) is 11.2 Å². The number of carbonyl (C=O) groups is 1. The topological polar surface area (TPSA) is 44.1 Å². The fraction of sp³-hybridized carbons (Fsp3) is 0.333. The van der Waals surface area contributed by atoms with E-state index in [0.717, 1.165) is 41.6 Å². The normalized spacial score (nSPS) is 16.7. The molecule has 3 aromatic rings. The van der Waals surface area contributed by atoms with E-state index in [9.17, 15) is 4.79 Å². The van der Waals surface area contributed by atoms with Gasteiger partial charge in [-0.15, -0.1) is 11.3 Å². The van der Waals surface area contributed by atoms with E-state index in [0.29, 0.717) is 5.75 Å². The van der Waals surface area contributed by atoms with Gasteiger partial charge in [0.05, 0.1) is 17.4 Å². The van der Waals surface area contributed by atoms with Crippen LogP contribution in [0.5, 0.6) is 5.75 Å². The van der Waals surface area contributed by atoms with Crippen molar-refractivity contribution in [2.45, 2.75) is 31.1 Å². The van der Waals surface area contributed by atoms with Gasteiger partial charge >= 0.3 is 5.97 Å². The van der Waals surface area contributed by atoms with Crippen molar-refractivity contribution < 1.29 is 9.53 Å². The van der Waals surface area contributed by atoms with Crippen LogP contribution in [0.25, 0.3) is 11.0 Å². The third-order valence-corrected chi connectivity index (χ3v) is 5.82. The molecule has 0 aliphatic heterocycles. The van der Waals surface area contributed by atoms with Crippen molar-refractivity contribution in [3.8, 4) is 5.75 Å². The fourth-order valence-corrected chi connectivity index (χ4v) is 4.44. The zero-order valence-electron chi connectivity index (χ0n) is 13.0. The molecule has 4 rings (SSSR count). The molecule has 2 heterocycles. The Morgan fingerprint density at radius 1 is 1.30 bits per heavy atom. The predicted octanol–water partition coefficient (Wildman–Crippen LogP) is 4.05. The number of aromatic nitrogens is 2. The van der Waals surface area contributed by atoms with Crippen LogP contribution < -0.4 is 4.74 Å². The average molecular weight is 326 g/mol. The number of ether oxygens (including phenoxy) is 1. The molecule has 0 spiro atoms. The summed E-state index contributed by atoms with van der Waals surface area (Å²) >= 11 is 1.65. The highest BCUT2D eigenvalue weighted by atomic mass is 32.1. The van der Waals surface area contributed by atoms with Gasteiger partial charge in [-0.3, -0.25) is 4.79 Å². The van der Waals surface area contributed by atoms with E-state index in [2.05, 4.69) is 11.1 Å². The summed E-state index contributed by atoms with van der Waals surface area (Å²) in [4.78, 5) is 18.4. The van der Waals surface area contributed by atoms with Gasteiger partial charge in [0, 0.05) is 18.0 Å². The van der Waals surface area contributed by atoms with Crippen LogP contribution in [0.4, 0.5) is 0 Å². The van der Waals surface area contributed by atoms with Gasteiger partial charge in [-0.2, -0.15) is 0 Å². The third-order valence-electron chi connectivity index (χ3n) is 4.75. The summed E-state index contributed by atoms with van der Waals surface area (Å²) in [7, 11) is 1.95. The van der Waals surface area contributed by atoms with Crippen LogP contribution in [0.3, 0.4) is 0 Å². The molecule has 0 atom stereocenters. The lowest BCUT2D eigenvalue weighted by molar-refractivity contribution is -0.140. The first-order valence-electron chi connectivity index (χ1n) is 7.86. The fourth-order valence-electron chi connectivity index (χ4n) is 3.46. The molecule has 23 heavy (non-hydrogen) atoms. The molecule has 0 bridgehead atoms. The molecule has 0 amide bonds. The lowest BCUT2D eigenvalue weighted by Crippen LogP contribution is -2.35. The van der Waals surface area contributed by atoms with E-state index in [-0.39, 0.29) is 5.97 Å². The van der Waals surface area contributed by atoms with Crippen molar-refractivity contribution in [3.63, 3.8) is 0 Å². The van der Waals surface area contributed by atoms with Crippen LogP contribution in [0.15, 0.2) is 42.0 Å². The molecule has 2 aromatic heterocycles. The predicted molar refractivity (Wildman–Crippen MR) is 90.8 cm³/mol. The van der Waals surface area contributed by atoms with Gasteiger partial charge in [0.2, 0.25) is 0 Å². The number of thiophene rings is 1. The Balaban J connectivity index is 1.64. The first kappa shape index (κ1) is 14.5. The molecule has 0 saturated heterocycles. The second-order valence-electron chi connectivity index (χ2n) is 6.16. The number of fused-ring (bicyclic) bond motifs is 1. The molecule has 4 nitrogen and oxygen atoms in total. The molecular formula is C18H18N2O2S. The van der Waals surface area contributed by atoms with Crippen molar-refractivity contribution in [3.05, 3.63) is 46.9 Å². The minimum absolute atomic E-state index is 0.132. The van der Waals surface area contributed by atoms with Crippen LogP contribution in [0.1, 0.15) is 30.6 Å². The minimum atomic E-state index is -0.465. The minimum Gasteiger partial charge on any atom is -0.426 e. The number of nitrogens with zero attached hydrogens (tertiary/aromatic N) is 2. The van der Waals surface area contributed by atoms with E-state index in [1.807, 2.05) is 41.3 Å². The number of imidazole rings is 1. The maximum absolute atomic E-state index is 12.9. The van der Waals surface area contributed by atoms with Crippen LogP contribution >= 0.6 is 11.3 Å². The van der Waals surface area contributed by atoms with E-state index in [1.165, 1.54) is 0 Å². The molecular weight excluding hydrogens is 308 g/mol. The molecule has 0 N–H and O–H groups in total. The molecule has 5 heteroatoms. The lowest BCUT2D eigenvalue weighted by Gasteiger charge is -2.25. The van der Waals surface area contributed by atoms with Gasteiger partial charge < -0.3 is 9.30 Å². The Hall–Kier alpha value is -2.14. The summed E-state index contributed by atoms with van der Waals surface area (Å²) in [6.07, 6.45) is 5.66. The van der Waals surface area contributed by atoms with Crippen LogP contribution in [-0.2, 0) is 17.3 Å². The van der Waals surface area contributed by atoms with Crippen molar-refractivity contribution in [1.29, 1.82) is 0 Å². The van der Waals surface area contributed by atoms with E-state index in [4.69, 9.17) is 4.74 Å². The number of rotatable bonds is 3. The smallest absolute Gasteiger partial charge is 0.322 e. The Morgan fingerprint density at radius 3 is 2.87 bits per heavy atom. The summed E-state index contributed by atoms with van der Waals surface area (Å²) in [5.41, 5.74) is 1.40. The van der Waals surface area contributed by atoms with Crippen LogP contribution in [0, 0.1) is 0 Å². The summed E-state index contributed by atoms with van der Waals surface area (Å²) in [5, 5.41) is 2.03. The Labute approximate surface area is 138 Å². The van der Waals surface area contributed by atoms with Gasteiger partial charge in [-0.1, -0.05) is 18.9 Å². The number of aryl methyl sites for hydroxylation is 1. The van der Waals surface area contributed by atoms with Crippen molar-refractivity contribution in [2.75, 3.05) is 0 Å². The Kier molecular flexibility index (Phi) is 3.45. The van der Waals surface area contributed by atoms with Crippen molar-refractivity contribution >= 4 is 28.3 Å². The quantitative estimate of drug-likeness (QED) is 0.539. The number of hydrogen-bond acceptors (Lipinski definition) is 4. The van der Waals surface area contributed by atoms with E-state index < -0.39 is 5.41 Å². The molecule has 1 aromatic carbocycles. The first-order valence-corrected chi connectivity index (χ1v) is 8.74. The summed E-state index contributed by atoms with van der Waals surface area (Å²) < 4.78 is 7.71. The molecule has 1 aliphatic rings. The number of hydrogen-bond donors (Lipinski definition) is 0. The number of carbonyl (C=O) groups excluding carboxylic acids is 1.